The summed E-state index contributed by atoms with van der Waals surface area (Å²) in [5, 5.41) is 6.03. The zero-order valence-corrected chi connectivity index (χ0v) is 14.4. The molecule has 2 amide bonds. The van der Waals surface area contributed by atoms with Gasteiger partial charge in [0.25, 0.3) is 0 Å². The minimum atomic E-state index is -0.00901. The van der Waals surface area contributed by atoms with Crippen molar-refractivity contribution in [3.63, 3.8) is 0 Å². The molecule has 128 valence electrons. The van der Waals surface area contributed by atoms with E-state index in [9.17, 15) is 4.79 Å². The van der Waals surface area contributed by atoms with Crippen molar-refractivity contribution in [2.24, 2.45) is 5.92 Å². The average molecular weight is 310 g/mol. The topological polar surface area (TPSA) is 47.6 Å². The number of hydrogen-bond donors (Lipinski definition) is 2. The van der Waals surface area contributed by atoms with Crippen molar-refractivity contribution in [3.05, 3.63) is 0 Å². The van der Waals surface area contributed by atoms with E-state index in [0.29, 0.717) is 6.04 Å². The number of likely N-dealkylation sites (N-methyl/N-ethyl adjacent to an activating group) is 2. The standard InChI is InChI=1S/C17H34N4O/c1-20-11-12-21(2)16(14-20)13-19-17(22)18-10-6-9-15-7-4-3-5-8-15/h15-16H,3-14H2,1-2H3,(H2,18,19,22)/t16-/m1/s1. The molecular formula is C17H34N4O. The third-order valence-corrected chi connectivity index (χ3v) is 5.28. The molecule has 0 spiro atoms. The highest BCUT2D eigenvalue weighted by molar-refractivity contribution is 5.73. The predicted octanol–water partition coefficient (Wildman–Crippen LogP) is 1.89. The first-order valence-electron chi connectivity index (χ1n) is 9.05. The van der Waals surface area contributed by atoms with Crippen LogP contribution in [0.25, 0.3) is 0 Å². The smallest absolute Gasteiger partial charge is 0.314 e. The van der Waals surface area contributed by atoms with Gasteiger partial charge in [-0.2, -0.15) is 0 Å². The second-order valence-corrected chi connectivity index (χ2v) is 7.18. The van der Waals surface area contributed by atoms with Crippen LogP contribution < -0.4 is 10.6 Å². The van der Waals surface area contributed by atoms with Gasteiger partial charge in [-0.05, 0) is 32.9 Å². The molecule has 2 rings (SSSR count). The van der Waals surface area contributed by atoms with E-state index < -0.39 is 0 Å². The fraction of sp³-hybridized carbons (Fsp3) is 0.941. The Morgan fingerprint density at radius 2 is 1.86 bits per heavy atom. The molecule has 0 aromatic rings. The van der Waals surface area contributed by atoms with E-state index in [-0.39, 0.29) is 6.03 Å². The molecule has 22 heavy (non-hydrogen) atoms. The van der Waals surface area contributed by atoms with Crippen LogP contribution in [-0.2, 0) is 0 Å². The fourth-order valence-corrected chi connectivity index (χ4v) is 3.66. The number of urea groups is 1. The van der Waals surface area contributed by atoms with E-state index in [4.69, 9.17) is 0 Å². The van der Waals surface area contributed by atoms with Crippen molar-refractivity contribution in [2.75, 3.05) is 46.8 Å². The van der Waals surface area contributed by atoms with Crippen LogP contribution in [0.1, 0.15) is 44.9 Å². The van der Waals surface area contributed by atoms with Gasteiger partial charge in [-0.3, -0.25) is 4.90 Å². The molecule has 2 N–H and O–H groups in total. The Labute approximate surface area is 135 Å². The molecule has 2 fully saturated rings. The lowest BCUT2D eigenvalue weighted by atomic mass is 9.86. The Morgan fingerprint density at radius 3 is 2.64 bits per heavy atom. The van der Waals surface area contributed by atoms with Gasteiger partial charge in [0.15, 0.2) is 0 Å². The van der Waals surface area contributed by atoms with Crippen molar-refractivity contribution >= 4 is 6.03 Å². The molecule has 1 saturated heterocycles. The summed E-state index contributed by atoms with van der Waals surface area (Å²) in [6.07, 6.45) is 9.41. The highest BCUT2D eigenvalue weighted by Gasteiger charge is 2.22. The second-order valence-electron chi connectivity index (χ2n) is 7.18. The molecule has 1 saturated carbocycles. The largest absolute Gasteiger partial charge is 0.338 e. The highest BCUT2D eigenvalue weighted by Crippen LogP contribution is 2.26. The molecule has 0 radical (unpaired) electrons. The molecule has 5 heteroatoms. The van der Waals surface area contributed by atoms with Crippen LogP contribution in [0.5, 0.6) is 0 Å². The summed E-state index contributed by atoms with van der Waals surface area (Å²) in [4.78, 5) is 16.5. The first-order chi connectivity index (χ1) is 10.6. The van der Waals surface area contributed by atoms with Gasteiger partial charge in [0.1, 0.15) is 0 Å². The molecule has 1 aliphatic heterocycles. The maximum atomic E-state index is 11.9. The van der Waals surface area contributed by atoms with Crippen LogP contribution in [0, 0.1) is 5.92 Å². The Balaban J connectivity index is 1.52. The molecule has 5 nitrogen and oxygen atoms in total. The summed E-state index contributed by atoms with van der Waals surface area (Å²) in [7, 11) is 4.28. The predicted molar refractivity (Wildman–Crippen MR) is 91.1 cm³/mol. The highest BCUT2D eigenvalue weighted by atomic mass is 16.2. The average Bonchev–Trinajstić information content (AvgIpc) is 2.53. The molecule has 1 aliphatic carbocycles. The molecule has 1 atom stereocenters. The first-order valence-corrected chi connectivity index (χ1v) is 9.05. The Kier molecular flexibility index (Phi) is 7.46. The normalized spacial score (nSPS) is 25.1. The SMILES string of the molecule is CN1CCN(C)[C@H](CNC(=O)NCCCC2CCCCC2)C1. The van der Waals surface area contributed by atoms with Crippen LogP contribution in [0.4, 0.5) is 4.79 Å². The van der Waals surface area contributed by atoms with Gasteiger partial charge in [0, 0.05) is 38.8 Å². The van der Waals surface area contributed by atoms with Gasteiger partial charge >= 0.3 is 6.03 Å². The molecule has 2 aliphatic rings. The van der Waals surface area contributed by atoms with Crippen molar-refractivity contribution < 1.29 is 4.79 Å². The number of hydrogen-bond acceptors (Lipinski definition) is 3. The minimum Gasteiger partial charge on any atom is -0.338 e. The van der Waals surface area contributed by atoms with Crippen molar-refractivity contribution in [2.45, 2.75) is 51.0 Å². The summed E-state index contributed by atoms with van der Waals surface area (Å²) in [6, 6.07) is 0.414. The van der Waals surface area contributed by atoms with E-state index in [1.165, 1.54) is 38.5 Å². The fourth-order valence-electron chi connectivity index (χ4n) is 3.66. The van der Waals surface area contributed by atoms with Crippen LogP contribution >= 0.6 is 0 Å². The number of amides is 2. The summed E-state index contributed by atoms with van der Waals surface area (Å²) >= 11 is 0. The number of rotatable bonds is 6. The Morgan fingerprint density at radius 1 is 1.09 bits per heavy atom. The molecule has 0 aromatic carbocycles. The van der Waals surface area contributed by atoms with Gasteiger partial charge in [0.05, 0.1) is 0 Å². The number of nitrogens with zero attached hydrogens (tertiary/aromatic N) is 2. The summed E-state index contributed by atoms with van der Waals surface area (Å²) < 4.78 is 0. The lowest BCUT2D eigenvalue weighted by molar-refractivity contribution is 0.114. The first kappa shape index (κ1) is 17.5. The molecule has 0 aromatic heterocycles. The van der Waals surface area contributed by atoms with Gasteiger partial charge in [-0.25, -0.2) is 4.79 Å². The third kappa shape index (κ3) is 6.13. The summed E-state index contributed by atoms with van der Waals surface area (Å²) in [6.45, 7) is 4.75. The van der Waals surface area contributed by atoms with E-state index >= 15 is 0 Å². The molecule has 1 heterocycles. The molecular weight excluding hydrogens is 276 g/mol. The monoisotopic (exact) mass is 310 g/mol. The van der Waals surface area contributed by atoms with E-state index in [0.717, 1.165) is 45.1 Å². The molecule has 0 bridgehead atoms. The number of carbonyl (C=O) groups is 1. The van der Waals surface area contributed by atoms with Gasteiger partial charge in [-0.1, -0.05) is 32.1 Å². The van der Waals surface area contributed by atoms with Gasteiger partial charge < -0.3 is 15.5 Å². The lowest BCUT2D eigenvalue weighted by Crippen LogP contribution is -2.55. The van der Waals surface area contributed by atoms with Crippen LogP contribution in [-0.4, -0.2) is 68.7 Å². The van der Waals surface area contributed by atoms with E-state index in [1.807, 2.05) is 0 Å². The van der Waals surface area contributed by atoms with Crippen molar-refractivity contribution in [1.82, 2.24) is 20.4 Å². The second kappa shape index (κ2) is 9.36. The van der Waals surface area contributed by atoms with Crippen molar-refractivity contribution in [3.8, 4) is 0 Å². The van der Waals surface area contributed by atoms with Crippen molar-refractivity contribution in [1.29, 1.82) is 0 Å². The Bertz CT molecular complexity index is 331. The number of carbonyl (C=O) groups excluding carboxylic acids is 1. The van der Waals surface area contributed by atoms with E-state index in [2.05, 4.69) is 34.5 Å². The lowest BCUT2D eigenvalue weighted by Gasteiger charge is -2.37. The third-order valence-electron chi connectivity index (χ3n) is 5.28. The zero-order valence-electron chi connectivity index (χ0n) is 14.4. The van der Waals surface area contributed by atoms with Crippen LogP contribution in [0.3, 0.4) is 0 Å². The van der Waals surface area contributed by atoms with Gasteiger partial charge in [0.2, 0.25) is 0 Å². The maximum Gasteiger partial charge on any atom is 0.314 e. The zero-order chi connectivity index (χ0) is 15.8. The summed E-state index contributed by atoms with van der Waals surface area (Å²) in [5.41, 5.74) is 0. The van der Waals surface area contributed by atoms with Crippen LogP contribution in [0.15, 0.2) is 0 Å². The number of nitrogens with one attached hydrogen (secondary N) is 2. The number of piperazine rings is 1. The minimum absolute atomic E-state index is 0.00901. The Hall–Kier alpha value is -0.810. The van der Waals surface area contributed by atoms with E-state index in [1.54, 1.807) is 0 Å². The molecule has 0 unspecified atom stereocenters. The quantitative estimate of drug-likeness (QED) is 0.737. The maximum absolute atomic E-state index is 11.9. The van der Waals surface area contributed by atoms with Crippen LogP contribution in [0.2, 0.25) is 0 Å². The summed E-state index contributed by atoms with van der Waals surface area (Å²) in [5.74, 6) is 0.907. The van der Waals surface area contributed by atoms with Gasteiger partial charge in [-0.15, -0.1) is 0 Å².